The van der Waals surface area contributed by atoms with Gasteiger partial charge in [0.25, 0.3) is 0 Å². The molecule has 8 heteroatoms. The van der Waals surface area contributed by atoms with Crippen molar-refractivity contribution in [1.29, 1.82) is 0 Å². The van der Waals surface area contributed by atoms with E-state index in [1.165, 1.54) is 13.3 Å². The van der Waals surface area contributed by atoms with E-state index in [2.05, 4.69) is 30.3 Å². The minimum absolute atomic E-state index is 0.0308. The molecule has 0 fully saturated rings. The highest BCUT2D eigenvalue weighted by molar-refractivity contribution is 5.85. The third-order valence-electron chi connectivity index (χ3n) is 2.14. The summed E-state index contributed by atoms with van der Waals surface area (Å²) in [6.07, 6.45) is 4.87. The molecule has 0 amide bonds. The zero-order chi connectivity index (χ0) is 12.8. The van der Waals surface area contributed by atoms with Crippen LogP contribution in [0.3, 0.4) is 0 Å². The molecule has 0 aliphatic carbocycles. The van der Waals surface area contributed by atoms with E-state index in [0.717, 1.165) is 0 Å². The Morgan fingerprint density at radius 1 is 1.50 bits per heavy atom. The van der Waals surface area contributed by atoms with E-state index in [1.54, 1.807) is 23.1 Å². The standard InChI is InChI=1S/C10H12N6O2/c1-18-10(17)9-12-3-2-8(14-9)11-4-6-16-7-5-13-15-16/h2-3,5,7H,4,6H2,1H3,(H,11,12,14). The molecule has 0 unspecified atom stereocenters. The van der Waals surface area contributed by atoms with Crippen LogP contribution in [0.5, 0.6) is 0 Å². The molecule has 94 valence electrons. The van der Waals surface area contributed by atoms with Crippen LogP contribution in [0.4, 0.5) is 5.82 Å². The highest BCUT2D eigenvalue weighted by Gasteiger charge is 2.08. The van der Waals surface area contributed by atoms with Crippen molar-refractivity contribution in [2.45, 2.75) is 6.54 Å². The quantitative estimate of drug-likeness (QED) is 0.742. The zero-order valence-corrected chi connectivity index (χ0v) is 9.78. The maximum atomic E-state index is 11.2. The molecule has 0 saturated heterocycles. The predicted octanol–water partition coefficient (Wildman–Crippen LogP) is -0.0332. The molecular weight excluding hydrogens is 236 g/mol. The number of rotatable bonds is 5. The van der Waals surface area contributed by atoms with Crippen molar-refractivity contribution in [3.8, 4) is 0 Å². The number of hydrogen-bond acceptors (Lipinski definition) is 7. The van der Waals surface area contributed by atoms with Crippen LogP contribution in [-0.4, -0.2) is 44.6 Å². The lowest BCUT2D eigenvalue weighted by molar-refractivity contribution is 0.0587. The Bertz CT molecular complexity index is 513. The van der Waals surface area contributed by atoms with Crippen molar-refractivity contribution in [2.75, 3.05) is 19.0 Å². The monoisotopic (exact) mass is 248 g/mol. The molecular formula is C10H12N6O2. The molecule has 0 bridgehead atoms. The van der Waals surface area contributed by atoms with Crippen LogP contribution in [0.2, 0.25) is 0 Å². The van der Waals surface area contributed by atoms with E-state index in [0.29, 0.717) is 18.9 Å². The summed E-state index contributed by atoms with van der Waals surface area (Å²) < 4.78 is 6.23. The minimum Gasteiger partial charge on any atom is -0.463 e. The summed E-state index contributed by atoms with van der Waals surface area (Å²) in [5.41, 5.74) is 0. The molecule has 0 atom stereocenters. The molecule has 2 rings (SSSR count). The molecule has 0 aromatic carbocycles. The summed E-state index contributed by atoms with van der Waals surface area (Å²) >= 11 is 0. The number of carbonyl (C=O) groups excluding carboxylic acids is 1. The number of aromatic nitrogens is 5. The third-order valence-corrected chi connectivity index (χ3v) is 2.14. The second-order valence-corrected chi connectivity index (χ2v) is 3.35. The summed E-state index contributed by atoms with van der Waals surface area (Å²) in [7, 11) is 1.29. The maximum absolute atomic E-state index is 11.2. The SMILES string of the molecule is COC(=O)c1nccc(NCCn2ccnn2)n1. The fraction of sp³-hybridized carbons (Fsp3) is 0.300. The Morgan fingerprint density at radius 3 is 3.11 bits per heavy atom. The third kappa shape index (κ3) is 3.00. The van der Waals surface area contributed by atoms with E-state index in [-0.39, 0.29) is 5.82 Å². The van der Waals surface area contributed by atoms with Crippen LogP contribution >= 0.6 is 0 Å². The number of carbonyl (C=O) groups is 1. The van der Waals surface area contributed by atoms with Crippen molar-refractivity contribution in [3.05, 3.63) is 30.5 Å². The highest BCUT2D eigenvalue weighted by atomic mass is 16.5. The topological polar surface area (TPSA) is 94.8 Å². The van der Waals surface area contributed by atoms with E-state index < -0.39 is 5.97 Å². The lowest BCUT2D eigenvalue weighted by Crippen LogP contribution is -2.14. The molecule has 0 spiro atoms. The normalized spacial score (nSPS) is 10.1. The number of nitrogens with one attached hydrogen (secondary N) is 1. The fourth-order valence-electron chi connectivity index (χ4n) is 1.30. The van der Waals surface area contributed by atoms with Gasteiger partial charge in [-0.25, -0.2) is 14.8 Å². The number of nitrogens with zero attached hydrogens (tertiary/aromatic N) is 5. The molecule has 2 aromatic rings. The number of methoxy groups -OCH3 is 1. The maximum Gasteiger partial charge on any atom is 0.376 e. The summed E-state index contributed by atoms with van der Waals surface area (Å²) in [5.74, 6) is 0.0312. The van der Waals surface area contributed by atoms with Gasteiger partial charge in [0.15, 0.2) is 0 Å². The van der Waals surface area contributed by atoms with Gasteiger partial charge >= 0.3 is 5.97 Å². The van der Waals surface area contributed by atoms with Gasteiger partial charge in [-0.05, 0) is 6.07 Å². The molecule has 0 radical (unpaired) electrons. The average Bonchev–Trinajstić information content (AvgIpc) is 2.91. The summed E-state index contributed by atoms with van der Waals surface area (Å²) in [6.45, 7) is 1.26. The Balaban J connectivity index is 1.91. The van der Waals surface area contributed by atoms with Gasteiger partial charge in [-0.15, -0.1) is 5.10 Å². The van der Waals surface area contributed by atoms with Crippen molar-refractivity contribution in [3.63, 3.8) is 0 Å². The first-order valence-electron chi connectivity index (χ1n) is 5.29. The molecule has 2 heterocycles. The van der Waals surface area contributed by atoms with Crippen LogP contribution < -0.4 is 5.32 Å². The Morgan fingerprint density at radius 2 is 2.39 bits per heavy atom. The predicted molar refractivity (Wildman–Crippen MR) is 61.9 cm³/mol. The molecule has 0 aliphatic rings. The Labute approximate surface area is 103 Å². The lowest BCUT2D eigenvalue weighted by Gasteiger charge is -2.05. The van der Waals surface area contributed by atoms with Gasteiger partial charge in [0.2, 0.25) is 5.82 Å². The fourth-order valence-corrected chi connectivity index (χ4v) is 1.30. The molecule has 18 heavy (non-hydrogen) atoms. The van der Waals surface area contributed by atoms with Crippen molar-refractivity contribution < 1.29 is 9.53 Å². The van der Waals surface area contributed by atoms with Gasteiger partial charge in [0.05, 0.1) is 19.9 Å². The van der Waals surface area contributed by atoms with E-state index in [9.17, 15) is 4.79 Å². The van der Waals surface area contributed by atoms with Crippen LogP contribution in [0.25, 0.3) is 0 Å². The first-order chi connectivity index (χ1) is 8.79. The lowest BCUT2D eigenvalue weighted by atomic mass is 10.5. The number of hydrogen-bond donors (Lipinski definition) is 1. The first-order valence-corrected chi connectivity index (χ1v) is 5.29. The number of esters is 1. The smallest absolute Gasteiger partial charge is 0.376 e. The largest absolute Gasteiger partial charge is 0.463 e. The Kier molecular flexibility index (Phi) is 3.79. The molecule has 1 N–H and O–H groups in total. The van der Waals surface area contributed by atoms with Gasteiger partial charge in [0, 0.05) is 18.9 Å². The van der Waals surface area contributed by atoms with E-state index in [4.69, 9.17) is 0 Å². The van der Waals surface area contributed by atoms with E-state index >= 15 is 0 Å². The van der Waals surface area contributed by atoms with Crippen molar-refractivity contribution >= 4 is 11.8 Å². The van der Waals surface area contributed by atoms with Gasteiger partial charge in [-0.1, -0.05) is 5.21 Å². The number of ether oxygens (including phenoxy) is 1. The average molecular weight is 248 g/mol. The van der Waals surface area contributed by atoms with Crippen LogP contribution in [0.15, 0.2) is 24.7 Å². The minimum atomic E-state index is -0.560. The van der Waals surface area contributed by atoms with Crippen LogP contribution in [-0.2, 0) is 11.3 Å². The zero-order valence-electron chi connectivity index (χ0n) is 9.78. The molecule has 0 aliphatic heterocycles. The second-order valence-electron chi connectivity index (χ2n) is 3.35. The van der Waals surface area contributed by atoms with Crippen molar-refractivity contribution in [2.24, 2.45) is 0 Å². The van der Waals surface area contributed by atoms with Crippen LogP contribution in [0.1, 0.15) is 10.6 Å². The first kappa shape index (κ1) is 12.0. The van der Waals surface area contributed by atoms with E-state index in [1.807, 2.05) is 0 Å². The second kappa shape index (κ2) is 5.71. The summed E-state index contributed by atoms with van der Waals surface area (Å²) in [4.78, 5) is 19.1. The van der Waals surface area contributed by atoms with Crippen molar-refractivity contribution in [1.82, 2.24) is 25.0 Å². The van der Waals surface area contributed by atoms with Gasteiger partial charge in [-0.2, -0.15) is 0 Å². The number of anilines is 1. The molecule has 0 saturated carbocycles. The van der Waals surface area contributed by atoms with Gasteiger partial charge < -0.3 is 10.1 Å². The summed E-state index contributed by atoms with van der Waals surface area (Å²) in [6, 6.07) is 1.67. The molecule has 2 aromatic heterocycles. The summed E-state index contributed by atoms with van der Waals surface area (Å²) in [5, 5.41) is 10.6. The Hall–Kier alpha value is -2.51. The van der Waals surface area contributed by atoms with Gasteiger partial charge in [-0.3, -0.25) is 4.68 Å². The highest BCUT2D eigenvalue weighted by Crippen LogP contribution is 2.02. The molecule has 8 nitrogen and oxygen atoms in total. The van der Waals surface area contributed by atoms with Crippen LogP contribution in [0, 0.1) is 0 Å². The van der Waals surface area contributed by atoms with Gasteiger partial charge in [0.1, 0.15) is 5.82 Å².